The number of hydrogen-bond donors (Lipinski definition) is 1. The number of nitrogens with two attached hydrogens (primary N) is 1. The van der Waals surface area contributed by atoms with E-state index in [1.54, 1.807) is 19.2 Å². The van der Waals surface area contributed by atoms with E-state index in [2.05, 4.69) is 4.90 Å². The SMILES string of the molecule is COc1ccc(S(N)(=O)=O)c(CN2CCOCC2)c1. The molecule has 0 saturated carbocycles. The number of hydrogen-bond acceptors (Lipinski definition) is 5. The van der Waals surface area contributed by atoms with Gasteiger partial charge in [-0.1, -0.05) is 0 Å². The van der Waals surface area contributed by atoms with Gasteiger partial charge in [0.1, 0.15) is 5.75 Å². The van der Waals surface area contributed by atoms with Crippen molar-refractivity contribution in [3.8, 4) is 5.75 Å². The summed E-state index contributed by atoms with van der Waals surface area (Å²) >= 11 is 0. The maximum absolute atomic E-state index is 11.6. The molecular weight excluding hydrogens is 268 g/mol. The molecule has 0 spiro atoms. The Morgan fingerprint density at radius 1 is 1.37 bits per heavy atom. The van der Waals surface area contributed by atoms with E-state index in [4.69, 9.17) is 14.6 Å². The monoisotopic (exact) mass is 286 g/mol. The lowest BCUT2D eigenvalue weighted by molar-refractivity contribution is 0.0338. The summed E-state index contributed by atoms with van der Waals surface area (Å²) in [7, 11) is -2.18. The van der Waals surface area contributed by atoms with Crippen molar-refractivity contribution in [1.82, 2.24) is 4.90 Å². The van der Waals surface area contributed by atoms with Crippen molar-refractivity contribution in [1.29, 1.82) is 0 Å². The Morgan fingerprint density at radius 3 is 2.63 bits per heavy atom. The predicted octanol–water partition coefficient (Wildman–Crippen LogP) is 0.175. The summed E-state index contributed by atoms with van der Waals surface area (Å²) < 4.78 is 33.6. The van der Waals surface area contributed by atoms with E-state index in [0.717, 1.165) is 13.1 Å². The Bertz CT molecular complexity index is 539. The zero-order valence-corrected chi connectivity index (χ0v) is 11.6. The van der Waals surface area contributed by atoms with Gasteiger partial charge in [0, 0.05) is 19.6 Å². The van der Waals surface area contributed by atoms with Gasteiger partial charge in [0.25, 0.3) is 0 Å². The van der Waals surface area contributed by atoms with Gasteiger partial charge < -0.3 is 9.47 Å². The Hall–Kier alpha value is -1.15. The van der Waals surface area contributed by atoms with Gasteiger partial charge in [-0.3, -0.25) is 4.90 Å². The molecule has 1 fully saturated rings. The highest BCUT2D eigenvalue weighted by Crippen LogP contribution is 2.22. The smallest absolute Gasteiger partial charge is 0.238 e. The second kappa shape index (κ2) is 5.87. The lowest BCUT2D eigenvalue weighted by Gasteiger charge is -2.27. The van der Waals surface area contributed by atoms with Crippen LogP contribution in [0.25, 0.3) is 0 Å². The highest BCUT2D eigenvalue weighted by atomic mass is 32.2. The van der Waals surface area contributed by atoms with Gasteiger partial charge in [-0.15, -0.1) is 0 Å². The molecule has 7 heteroatoms. The molecule has 1 aliphatic heterocycles. The van der Waals surface area contributed by atoms with Crippen LogP contribution in [0.3, 0.4) is 0 Å². The quantitative estimate of drug-likeness (QED) is 0.853. The Morgan fingerprint density at radius 2 is 2.05 bits per heavy atom. The number of morpholine rings is 1. The second-order valence-corrected chi connectivity index (χ2v) is 5.94. The van der Waals surface area contributed by atoms with E-state index in [9.17, 15) is 8.42 Å². The fourth-order valence-electron chi connectivity index (χ4n) is 2.08. The number of methoxy groups -OCH3 is 1. The van der Waals surface area contributed by atoms with Crippen LogP contribution in [0, 0.1) is 0 Å². The van der Waals surface area contributed by atoms with Crippen molar-refractivity contribution >= 4 is 10.0 Å². The average molecular weight is 286 g/mol. The Balaban J connectivity index is 2.29. The third-order valence-electron chi connectivity index (χ3n) is 3.07. The first kappa shape index (κ1) is 14.3. The van der Waals surface area contributed by atoms with E-state index in [1.807, 2.05) is 0 Å². The number of nitrogens with zero attached hydrogens (tertiary/aromatic N) is 1. The van der Waals surface area contributed by atoms with Crippen LogP contribution < -0.4 is 9.88 Å². The van der Waals surface area contributed by atoms with Gasteiger partial charge in [0.2, 0.25) is 10.0 Å². The molecule has 6 nitrogen and oxygen atoms in total. The molecule has 1 aromatic carbocycles. The third kappa shape index (κ3) is 3.66. The van der Waals surface area contributed by atoms with Gasteiger partial charge >= 0.3 is 0 Å². The van der Waals surface area contributed by atoms with E-state index >= 15 is 0 Å². The summed E-state index contributed by atoms with van der Waals surface area (Å²) in [6, 6.07) is 4.81. The summed E-state index contributed by atoms with van der Waals surface area (Å²) in [5.74, 6) is 0.621. The number of sulfonamides is 1. The lowest BCUT2D eigenvalue weighted by atomic mass is 10.2. The van der Waals surface area contributed by atoms with Gasteiger partial charge in [-0.25, -0.2) is 13.6 Å². The van der Waals surface area contributed by atoms with E-state index < -0.39 is 10.0 Å². The predicted molar refractivity (Wildman–Crippen MR) is 70.5 cm³/mol. The summed E-state index contributed by atoms with van der Waals surface area (Å²) in [6.45, 7) is 3.40. The molecule has 0 aliphatic carbocycles. The van der Waals surface area contributed by atoms with Gasteiger partial charge in [0.05, 0.1) is 25.2 Å². The van der Waals surface area contributed by atoms with Gasteiger partial charge in [0.15, 0.2) is 0 Å². The van der Waals surface area contributed by atoms with Crippen LogP contribution in [0.15, 0.2) is 23.1 Å². The summed E-state index contributed by atoms with van der Waals surface area (Å²) in [5.41, 5.74) is 0.656. The second-order valence-electron chi connectivity index (χ2n) is 4.41. The summed E-state index contributed by atoms with van der Waals surface area (Å²) in [4.78, 5) is 2.28. The molecule has 19 heavy (non-hydrogen) atoms. The van der Waals surface area contributed by atoms with Crippen LogP contribution >= 0.6 is 0 Å². The van der Waals surface area contributed by atoms with Crippen LogP contribution in [-0.4, -0.2) is 46.7 Å². The minimum Gasteiger partial charge on any atom is -0.497 e. The molecule has 0 aromatic heterocycles. The number of ether oxygens (including phenoxy) is 2. The molecule has 1 aliphatic rings. The zero-order chi connectivity index (χ0) is 13.9. The van der Waals surface area contributed by atoms with Crippen molar-refractivity contribution in [3.63, 3.8) is 0 Å². The Kier molecular flexibility index (Phi) is 4.41. The Labute approximate surface area is 113 Å². The normalized spacial score (nSPS) is 17.4. The largest absolute Gasteiger partial charge is 0.497 e. The molecule has 2 N–H and O–H groups in total. The standard InChI is InChI=1S/C12H18N2O4S/c1-17-11-2-3-12(19(13,15)16)10(8-11)9-14-4-6-18-7-5-14/h2-3,8H,4-7,9H2,1H3,(H2,13,15,16). The maximum atomic E-state index is 11.6. The zero-order valence-electron chi connectivity index (χ0n) is 10.8. The molecule has 0 atom stereocenters. The minimum atomic E-state index is -3.72. The van der Waals surface area contributed by atoms with Crippen LogP contribution in [0.5, 0.6) is 5.75 Å². The van der Waals surface area contributed by atoms with Gasteiger partial charge in [-0.2, -0.15) is 0 Å². The van der Waals surface area contributed by atoms with Crippen molar-refractivity contribution < 1.29 is 17.9 Å². The van der Waals surface area contributed by atoms with E-state index in [0.29, 0.717) is 31.1 Å². The van der Waals surface area contributed by atoms with Crippen LogP contribution in [0.1, 0.15) is 5.56 Å². The maximum Gasteiger partial charge on any atom is 0.238 e. The van der Waals surface area contributed by atoms with Crippen molar-refractivity contribution in [3.05, 3.63) is 23.8 Å². The summed E-state index contributed by atoms with van der Waals surface area (Å²) in [6.07, 6.45) is 0. The fraction of sp³-hybridized carbons (Fsp3) is 0.500. The molecule has 0 bridgehead atoms. The summed E-state index contributed by atoms with van der Waals surface area (Å²) in [5, 5.41) is 5.24. The molecule has 106 valence electrons. The molecule has 0 radical (unpaired) electrons. The number of rotatable bonds is 4. The molecule has 1 aromatic rings. The topological polar surface area (TPSA) is 81.9 Å². The third-order valence-corrected chi connectivity index (χ3v) is 4.08. The highest BCUT2D eigenvalue weighted by molar-refractivity contribution is 7.89. The van der Waals surface area contributed by atoms with Crippen LogP contribution in [0.4, 0.5) is 0 Å². The van der Waals surface area contributed by atoms with Crippen LogP contribution in [-0.2, 0) is 21.3 Å². The van der Waals surface area contributed by atoms with E-state index in [1.165, 1.54) is 6.07 Å². The minimum absolute atomic E-state index is 0.153. The van der Waals surface area contributed by atoms with Crippen molar-refractivity contribution in [2.24, 2.45) is 5.14 Å². The highest BCUT2D eigenvalue weighted by Gasteiger charge is 2.18. The molecule has 0 amide bonds. The number of primary sulfonamides is 1. The number of benzene rings is 1. The molecule has 1 heterocycles. The molecule has 2 rings (SSSR count). The van der Waals surface area contributed by atoms with Gasteiger partial charge in [-0.05, 0) is 23.8 Å². The molecular formula is C12H18N2O4S. The average Bonchev–Trinajstić information content (AvgIpc) is 2.38. The fourth-order valence-corrected chi connectivity index (χ4v) is 2.83. The first-order valence-corrected chi connectivity index (χ1v) is 7.55. The van der Waals surface area contributed by atoms with Crippen molar-refractivity contribution in [2.75, 3.05) is 33.4 Å². The molecule has 1 saturated heterocycles. The first-order valence-electron chi connectivity index (χ1n) is 6.00. The first-order chi connectivity index (χ1) is 9.00. The molecule has 0 unspecified atom stereocenters. The lowest BCUT2D eigenvalue weighted by Crippen LogP contribution is -2.36. The van der Waals surface area contributed by atoms with Crippen LogP contribution in [0.2, 0.25) is 0 Å². The van der Waals surface area contributed by atoms with Crippen molar-refractivity contribution in [2.45, 2.75) is 11.4 Å². The van der Waals surface area contributed by atoms with E-state index in [-0.39, 0.29) is 4.90 Å².